The highest BCUT2D eigenvalue weighted by atomic mass is 127. The third-order valence-electron chi connectivity index (χ3n) is 4.78. The second kappa shape index (κ2) is 10.1. The molecular formula is C18H29IN4O2. The first-order valence-corrected chi connectivity index (χ1v) is 8.72. The number of piperazine rings is 1. The van der Waals surface area contributed by atoms with Gasteiger partial charge in [-0.1, -0.05) is 6.07 Å². The van der Waals surface area contributed by atoms with Crippen LogP contribution in [-0.2, 0) is 4.74 Å². The van der Waals surface area contributed by atoms with Crippen molar-refractivity contribution in [1.82, 2.24) is 10.2 Å². The van der Waals surface area contributed by atoms with Gasteiger partial charge < -0.3 is 24.6 Å². The lowest BCUT2D eigenvalue weighted by atomic mass is 10.1. The first-order chi connectivity index (χ1) is 11.8. The zero-order valence-corrected chi connectivity index (χ0v) is 17.4. The Morgan fingerprint density at radius 2 is 2.12 bits per heavy atom. The molecule has 1 atom stereocenters. The Bertz CT molecular complexity index is 556. The van der Waals surface area contributed by atoms with Crippen molar-refractivity contribution in [1.29, 1.82) is 0 Å². The van der Waals surface area contributed by atoms with Gasteiger partial charge in [-0.15, -0.1) is 24.0 Å². The molecule has 0 radical (unpaired) electrons. The van der Waals surface area contributed by atoms with Gasteiger partial charge in [0, 0.05) is 64.0 Å². The molecule has 0 aliphatic carbocycles. The van der Waals surface area contributed by atoms with Gasteiger partial charge in [-0.2, -0.15) is 0 Å². The van der Waals surface area contributed by atoms with Gasteiger partial charge in [0.2, 0.25) is 0 Å². The van der Waals surface area contributed by atoms with E-state index in [-0.39, 0.29) is 24.0 Å². The minimum Gasteiger partial charge on any atom is -0.497 e. The Kier molecular flexibility index (Phi) is 8.08. The van der Waals surface area contributed by atoms with Crippen LogP contribution in [0, 0.1) is 5.92 Å². The number of ether oxygens (including phenoxy) is 2. The van der Waals surface area contributed by atoms with Crippen molar-refractivity contribution in [2.24, 2.45) is 10.9 Å². The van der Waals surface area contributed by atoms with Gasteiger partial charge in [-0.05, 0) is 18.6 Å². The van der Waals surface area contributed by atoms with Gasteiger partial charge >= 0.3 is 0 Å². The lowest BCUT2D eigenvalue weighted by molar-refractivity contribution is 0.186. The summed E-state index contributed by atoms with van der Waals surface area (Å²) in [6.07, 6.45) is 1.15. The molecule has 7 heteroatoms. The number of nitrogens with one attached hydrogen (secondary N) is 1. The molecule has 1 N–H and O–H groups in total. The minimum absolute atomic E-state index is 0. The Hall–Kier alpha value is -1.22. The molecule has 0 bridgehead atoms. The number of hydrogen-bond acceptors (Lipinski definition) is 4. The van der Waals surface area contributed by atoms with Gasteiger partial charge in [0.25, 0.3) is 0 Å². The van der Waals surface area contributed by atoms with Crippen LogP contribution in [0.4, 0.5) is 5.69 Å². The summed E-state index contributed by atoms with van der Waals surface area (Å²) >= 11 is 0. The van der Waals surface area contributed by atoms with E-state index in [1.54, 1.807) is 7.11 Å². The zero-order valence-electron chi connectivity index (χ0n) is 15.1. The molecule has 0 spiro atoms. The quantitative estimate of drug-likeness (QED) is 0.424. The Morgan fingerprint density at radius 3 is 2.76 bits per heavy atom. The summed E-state index contributed by atoms with van der Waals surface area (Å²) in [6, 6.07) is 8.27. The Labute approximate surface area is 167 Å². The second-order valence-electron chi connectivity index (χ2n) is 6.33. The van der Waals surface area contributed by atoms with Crippen LogP contribution in [0.15, 0.2) is 29.3 Å². The zero-order chi connectivity index (χ0) is 16.8. The first-order valence-electron chi connectivity index (χ1n) is 8.72. The van der Waals surface area contributed by atoms with Crippen LogP contribution >= 0.6 is 24.0 Å². The number of guanidine groups is 1. The third-order valence-corrected chi connectivity index (χ3v) is 4.78. The number of nitrogens with zero attached hydrogens (tertiary/aromatic N) is 3. The van der Waals surface area contributed by atoms with E-state index in [2.05, 4.69) is 32.2 Å². The maximum absolute atomic E-state index is 5.44. The molecule has 2 saturated heterocycles. The van der Waals surface area contributed by atoms with Crippen molar-refractivity contribution in [2.75, 3.05) is 65.0 Å². The smallest absolute Gasteiger partial charge is 0.193 e. The summed E-state index contributed by atoms with van der Waals surface area (Å²) in [5.74, 6) is 2.53. The largest absolute Gasteiger partial charge is 0.497 e. The Morgan fingerprint density at radius 1 is 1.32 bits per heavy atom. The van der Waals surface area contributed by atoms with E-state index in [9.17, 15) is 0 Å². The lowest BCUT2D eigenvalue weighted by Gasteiger charge is -2.38. The number of aliphatic imine (C=N–C) groups is 1. The maximum Gasteiger partial charge on any atom is 0.193 e. The molecule has 3 rings (SSSR count). The normalized spacial score (nSPS) is 21.0. The van der Waals surface area contributed by atoms with Crippen LogP contribution in [-0.4, -0.2) is 71.0 Å². The van der Waals surface area contributed by atoms with E-state index in [4.69, 9.17) is 9.47 Å². The molecule has 0 saturated carbocycles. The molecule has 2 fully saturated rings. The van der Waals surface area contributed by atoms with E-state index < -0.39 is 0 Å². The second-order valence-corrected chi connectivity index (χ2v) is 6.33. The number of halogens is 1. The molecule has 2 aliphatic rings. The van der Waals surface area contributed by atoms with Crippen molar-refractivity contribution in [3.8, 4) is 5.75 Å². The van der Waals surface area contributed by atoms with Crippen LogP contribution in [0.1, 0.15) is 6.42 Å². The molecule has 1 aromatic rings. The van der Waals surface area contributed by atoms with Gasteiger partial charge in [0.05, 0.1) is 13.7 Å². The molecular weight excluding hydrogens is 431 g/mol. The summed E-state index contributed by atoms with van der Waals surface area (Å²) < 4.78 is 10.8. The maximum atomic E-state index is 5.44. The summed E-state index contributed by atoms with van der Waals surface area (Å²) in [7, 11) is 3.57. The minimum atomic E-state index is 0. The standard InChI is InChI=1S/C18H28N4O2.HI/c1-19-18(20-13-15-6-11-24-14-15)22-9-7-21(8-10-22)16-4-3-5-17(12-16)23-2;/h3-5,12,15H,6-11,13-14H2,1-2H3,(H,19,20);1H. The average molecular weight is 460 g/mol. The molecule has 2 aliphatic heterocycles. The van der Waals surface area contributed by atoms with E-state index in [0.717, 1.165) is 64.1 Å². The number of anilines is 1. The van der Waals surface area contributed by atoms with Gasteiger partial charge in [-0.3, -0.25) is 4.99 Å². The fraction of sp³-hybridized carbons (Fsp3) is 0.611. The Balaban J connectivity index is 0.00000225. The topological polar surface area (TPSA) is 49.3 Å². The third kappa shape index (κ3) is 5.37. The SMILES string of the molecule is CN=C(NCC1CCOC1)N1CCN(c2cccc(OC)c2)CC1.I. The molecule has 1 unspecified atom stereocenters. The molecule has 0 aromatic heterocycles. The van der Waals surface area contributed by atoms with Crippen LogP contribution < -0.4 is 15.0 Å². The van der Waals surface area contributed by atoms with Crippen LogP contribution in [0.5, 0.6) is 5.75 Å². The fourth-order valence-corrected chi connectivity index (χ4v) is 3.30. The molecule has 0 amide bonds. The number of hydrogen-bond donors (Lipinski definition) is 1. The predicted molar refractivity (Wildman–Crippen MR) is 112 cm³/mol. The van der Waals surface area contributed by atoms with E-state index >= 15 is 0 Å². The average Bonchev–Trinajstić information content (AvgIpc) is 3.16. The summed E-state index contributed by atoms with van der Waals surface area (Å²) in [6.45, 7) is 6.62. The predicted octanol–water partition coefficient (Wildman–Crippen LogP) is 2.05. The van der Waals surface area contributed by atoms with Crippen LogP contribution in [0.3, 0.4) is 0 Å². The highest BCUT2D eigenvalue weighted by molar-refractivity contribution is 14.0. The van der Waals surface area contributed by atoms with Crippen LogP contribution in [0.2, 0.25) is 0 Å². The number of benzene rings is 1. The number of rotatable bonds is 4. The monoisotopic (exact) mass is 460 g/mol. The van der Waals surface area contributed by atoms with Crippen molar-refractivity contribution >= 4 is 35.6 Å². The van der Waals surface area contributed by atoms with Gasteiger partial charge in [-0.25, -0.2) is 0 Å². The van der Waals surface area contributed by atoms with E-state index in [0.29, 0.717) is 5.92 Å². The molecule has 6 nitrogen and oxygen atoms in total. The first kappa shape index (κ1) is 20.1. The van der Waals surface area contributed by atoms with Crippen molar-refractivity contribution in [2.45, 2.75) is 6.42 Å². The lowest BCUT2D eigenvalue weighted by Crippen LogP contribution is -2.53. The molecule has 1 aromatic carbocycles. The number of methoxy groups -OCH3 is 1. The van der Waals surface area contributed by atoms with E-state index in [1.807, 2.05) is 19.2 Å². The summed E-state index contributed by atoms with van der Waals surface area (Å²) in [5.41, 5.74) is 1.22. The highest BCUT2D eigenvalue weighted by Crippen LogP contribution is 2.22. The molecule has 25 heavy (non-hydrogen) atoms. The summed E-state index contributed by atoms with van der Waals surface area (Å²) in [5, 5.41) is 3.51. The molecule has 2 heterocycles. The van der Waals surface area contributed by atoms with Gasteiger partial charge in [0.15, 0.2) is 5.96 Å². The van der Waals surface area contributed by atoms with Crippen LogP contribution in [0.25, 0.3) is 0 Å². The van der Waals surface area contributed by atoms with Gasteiger partial charge in [0.1, 0.15) is 5.75 Å². The van der Waals surface area contributed by atoms with Crippen molar-refractivity contribution in [3.63, 3.8) is 0 Å². The highest BCUT2D eigenvalue weighted by Gasteiger charge is 2.21. The summed E-state index contributed by atoms with van der Waals surface area (Å²) in [4.78, 5) is 9.19. The fourth-order valence-electron chi connectivity index (χ4n) is 3.30. The van der Waals surface area contributed by atoms with E-state index in [1.165, 1.54) is 5.69 Å². The van der Waals surface area contributed by atoms with Crippen molar-refractivity contribution in [3.05, 3.63) is 24.3 Å². The molecule has 140 valence electrons. The van der Waals surface area contributed by atoms with Crippen molar-refractivity contribution < 1.29 is 9.47 Å².